The first-order chi connectivity index (χ1) is 19.9. The van der Waals surface area contributed by atoms with E-state index in [2.05, 4.69) is 10.1 Å². The number of alkyl halides is 5. The Bertz CT molecular complexity index is 1540. The quantitative estimate of drug-likeness (QED) is 0.411. The molecule has 2 aliphatic heterocycles. The normalized spacial score (nSPS) is 16.9. The standard InChI is InChI=1S/C29H24F5N3O5/c1-16-11-20(42-28(30)31)6-8-24(16)41-15-25(38)36-9-10-37-23(14-36)26(39)35-22-7-5-18(13-21(22)27(37)40)17-3-2-4-19(12-17)29(32,33)34/h2-8,11-13,23,28H,9-10,14-15H2,1H3,(H,35,39)/t23-/m0/s1. The van der Waals surface area contributed by atoms with Gasteiger partial charge in [-0.3, -0.25) is 14.4 Å². The van der Waals surface area contributed by atoms with Gasteiger partial charge in [-0.2, -0.15) is 22.0 Å². The van der Waals surface area contributed by atoms with Gasteiger partial charge in [-0.15, -0.1) is 0 Å². The van der Waals surface area contributed by atoms with Gasteiger partial charge in [-0.25, -0.2) is 0 Å². The molecule has 0 spiro atoms. The highest BCUT2D eigenvalue weighted by Crippen LogP contribution is 2.34. The van der Waals surface area contributed by atoms with Crippen LogP contribution in [0.3, 0.4) is 0 Å². The van der Waals surface area contributed by atoms with E-state index in [1.165, 1.54) is 58.3 Å². The predicted octanol–water partition coefficient (Wildman–Crippen LogP) is 4.97. The molecule has 1 fully saturated rings. The van der Waals surface area contributed by atoms with Crippen molar-refractivity contribution >= 4 is 23.4 Å². The first-order valence-electron chi connectivity index (χ1n) is 12.8. The number of carbonyl (C=O) groups is 3. The zero-order chi connectivity index (χ0) is 30.2. The number of halogens is 5. The number of carbonyl (C=O) groups excluding carboxylic acids is 3. The molecule has 0 aliphatic carbocycles. The Balaban J connectivity index is 1.28. The summed E-state index contributed by atoms with van der Waals surface area (Å²) in [6.07, 6.45) is -4.53. The monoisotopic (exact) mass is 589 g/mol. The lowest BCUT2D eigenvalue weighted by atomic mass is 9.99. The van der Waals surface area contributed by atoms with Crippen molar-refractivity contribution in [2.75, 3.05) is 31.6 Å². The second-order valence-corrected chi connectivity index (χ2v) is 9.78. The zero-order valence-electron chi connectivity index (χ0n) is 22.1. The smallest absolute Gasteiger partial charge is 0.416 e. The first-order valence-corrected chi connectivity index (χ1v) is 12.8. The van der Waals surface area contributed by atoms with E-state index in [-0.39, 0.29) is 47.9 Å². The Morgan fingerprint density at radius 3 is 2.50 bits per heavy atom. The van der Waals surface area contributed by atoms with E-state index in [4.69, 9.17) is 4.74 Å². The van der Waals surface area contributed by atoms with E-state index < -0.39 is 48.7 Å². The number of rotatable bonds is 6. The summed E-state index contributed by atoms with van der Waals surface area (Å²) in [5.74, 6) is -1.22. The molecule has 13 heteroatoms. The maximum Gasteiger partial charge on any atom is 0.416 e. The van der Waals surface area contributed by atoms with Crippen molar-refractivity contribution in [3.8, 4) is 22.6 Å². The van der Waals surface area contributed by atoms with E-state index in [9.17, 15) is 36.3 Å². The molecule has 2 heterocycles. The lowest BCUT2D eigenvalue weighted by Crippen LogP contribution is -2.60. The van der Waals surface area contributed by atoms with Crippen molar-refractivity contribution in [3.63, 3.8) is 0 Å². The van der Waals surface area contributed by atoms with Gasteiger partial charge in [0.2, 0.25) is 5.91 Å². The fourth-order valence-corrected chi connectivity index (χ4v) is 4.92. The summed E-state index contributed by atoms with van der Waals surface area (Å²) >= 11 is 0. The van der Waals surface area contributed by atoms with Gasteiger partial charge in [-0.1, -0.05) is 18.2 Å². The number of ether oxygens (including phenoxy) is 2. The summed E-state index contributed by atoms with van der Waals surface area (Å²) in [5, 5.41) is 2.69. The van der Waals surface area contributed by atoms with Gasteiger partial charge in [0.05, 0.1) is 23.4 Å². The number of benzene rings is 3. The molecule has 3 aromatic carbocycles. The van der Waals surface area contributed by atoms with Gasteiger partial charge < -0.3 is 24.6 Å². The third-order valence-corrected chi connectivity index (χ3v) is 7.05. The molecule has 3 aromatic rings. The van der Waals surface area contributed by atoms with Crippen molar-refractivity contribution in [1.29, 1.82) is 0 Å². The van der Waals surface area contributed by atoms with Crippen molar-refractivity contribution < 1.29 is 45.8 Å². The van der Waals surface area contributed by atoms with Gasteiger partial charge in [-0.05, 0) is 66.1 Å². The Morgan fingerprint density at radius 2 is 1.79 bits per heavy atom. The summed E-state index contributed by atoms with van der Waals surface area (Å²) in [4.78, 5) is 42.3. The zero-order valence-corrected chi connectivity index (χ0v) is 22.1. The van der Waals surface area contributed by atoms with Gasteiger partial charge in [0, 0.05) is 13.1 Å². The molecule has 42 heavy (non-hydrogen) atoms. The van der Waals surface area contributed by atoms with Crippen LogP contribution in [0.2, 0.25) is 0 Å². The fraction of sp³-hybridized carbons (Fsp3) is 0.276. The van der Waals surface area contributed by atoms with Crippen LogP contribution in [0.5, 0.6) is 11.5 Å². The fourth-order valence-electron chi connectivity index (χ4n) is 4.92. The average molecular weight is 590 g/mol. The van der Waals surface area contributed by atoms with E-state index in [1.54, 1.807) is 6.92 Å². The Kier molecular flexibility index (Phi) is 7.76. The van der Waals surface area contributed by atoms with Gasteiger partial charge in [0.1, 0.15) is 17.5 Å². The van der Waals surface area contributed by atoms with E-state index in [1.807, 2.05) is 0 Å². The molecule has 0 bridgehead atoms. The number of amides is 3. The molecule has 1 atom stereocenters. The average Bonchev–Trinajstić information content (AvgIpc) is 3.05. The molecule has 2 aliphatic rings. The molecule has 8 nitrogen and oxygen atoms in total. The van der Waals surface area contributed by atoms with Crippen LogP contribution < -0.4 is 14.8 Å². The summed E-state index contributed by atoms with van der Waals surface area (Å²) in [6, 6.07) is 12.2. The lowest BCUT2D eigenvalue weighted by molar-refractivity contribution is -0.138. The third-order valence-electron chi connectivity index (χ3n) is 7.05. The Hall–Kier alpha value is -4.68. The molecule has 0 aromatic heterocycles. The van der Waals surface area contributed by atoms with Gasteiger partial charge in [0.25, 0.3) is 11.8 Å². The van der Waals surface area contributed by atoms with E-state index >= 15 is 0 Å². The number of fused-ring (bicyclic) bond motifs is 2. The molecular formula is C29H24F5N3O5. The van der Waals surface area contributed by atoms with E-state index in [0.29, 0.717) is 11.1 Å². The van der Waals surface area contributed by atoms with Crippen molar-refractivity contribution in [3.05, 3.63) is 77.4 Å². The van der Waals surface area contributed by atoms with Crippen LogP contribution in [0, 0.1) is 6.92 Å². The molecule has 0 radical (unpaired) electrons. The van der Waals surface area contributed by atoms with Crippen LogP contribution in [-0.2, 0) is 15.8 Å². The molecule has 5 rings (SSSR count). The van der Waals surface area contributed by atoms with Crippen LogP contribution in [0.25, 0.3) is 11.1 Å². The van der Waals surface area contributed by atoms with Crippen LogP contribution in [0.4, 0.5) is 27.6 Å². The van der Waals surface area contributed by atoms with Crippen molar-refractivity contribution in [2.24, 2.45) is 0 Å². The molecule has 1 saturated heterocycles. The molecule has 220 valence electrons. The maximum absolute atomic E-state index is 13.5. The SMILES string of the molecule is Cc1cc(OC(F)F)ccc1OCC(=O)N1CCN2C(=O)c3cc(-c4cccc(C(F)(F)F)c4)ccc3NC(=O)[C@@H]2C1. The van der Waals surface area contributed by atoms with Crippen LogP contribution in [0.1, 0.15) is 21.5 Å². The van der Waals surface area contributed by atoms with Crippen LogP contribution >= 0.6 is 0 Å². The summed E-state index contributed by atoms with van der Waals surface area (Å²) in [7, 11) is 0. The highest BCUT2D eigenvalue weighted by atomic mass is 19.4. The largest absolute Gasteiger partial charge is 0.483 e. The van der Waals surface area contributed by atoms with E-state index in [0.717, 1.165) is 12.1 Å². The summed E-state index contributed by atoms with van der Waals surface area (Å²) < 4.78 is 74.4. The van der Waals surface area contributed by atoms with Gasteiger partial charge >= 0.3 is 12.8 Å². The van der Waals surface area contributed by atoms with Crippen LogP contribution in [-0.4, -0.2) is 66.4 Å². The van der Waals surface area contributed by atoms with Crippen LogP contribution in [0.15, 0.2) is 60.7 Å². The van der Waals surface area contributed by atoms with Crippen molar-refractivity contribution in [1.82, 2.24) is 9.80 Å². The number of nitrogens with zero attached hydrogens (tertiary/aromatic N) is 2. The minimum absolute atomic E-state index is 0.0363. The molecule has 0 saturated carbocycles. The third kappa shape index (κ3) is 5.99. The number of hydrogen-bond donors (Lipinski definition) is 1. The minimum atomic E-state index is -4.53. The Labute approximate surface area is 236 Å². The highest BCUT2D eigenvalue weighted by molar-refractivity contribution is 6.10. The number of anilines is 1. The summed E-state index contributed by atoms with van der Waals surface area (Å²) in [5.41, 5.74) is 0.615. The molecule has 3 amide bonds. The summed E-state index contributed by atoms with van der Waals surface area (Å²) in [6.45, 7) is -1.72. The lowest BCUT2D eigenvalue weighted by Gasteiger charge is -2.39. The molecular weight excluding hydrogens is 565 g/mol. The van der Waals surface area contributed by atoms with Gasteiger partial charge in [0.15, 0.2) is 6.61 Å². The number of piperazine rings is 1. The predicted molar refractivity (Wildman–Crippen MR) is 140 cm³/mol. The molecule has 0 unspecified atom stereocenters. The number of aryl methyl sites for hydroxylation is 1. The second-order valence-electron chi connectivity index (χ2n) is 9.78. The Morgan fingerprint density at radius 1 is 1.02 bits per heavy atom. The van der Waals surface area contributed by atoms with Crippen molar-refractivity contribution in [2.45, 2.75) is 25.8 Å². The number of hydrogen-bond acceptors (Lipinski definition) is 5. The second kappa shape index (κ2) is 11.3. The topological polar surface area (TPSA) is 88.2 Å². The minimum Gasteiger partial charge on any atom is -0.483 e. The maximum atomic E-state index is 13.5. The molecule has 1 N–H and O–H groups in total. The number of nitrogens with one attached hydrogen (secondary N) is 1. The highest BCUT2D eigenvalue weighted by Gasteiger charge is 2.40. The first kappa shape index (κ1) is 28.8.